The van der Waals surface area contributed by atoms with Crippen molar-refractivity contribution in [2.75, 3.05) is 7.11 Å². The number of hydrogen-bond acceptors (Lipinski definition) is 4. The maximum Gasteiger partial charge on any atom is 0.0965 e. The molecule has 2 aromatic rings. The molecule has 0 bridgehead atoms. The summed E-state index contributed by atoms with van der Waals surface area (Å²) in [5, 5.41) is 11.8. The Bertz CT molecular complexity index is 572. The average Bonchev–Trinajstić information content (AvgIpc) is 2.90. The lowest BCUT2D eigenvalue weighted by Gasteiger charge is -2.17. The third-order valence-electron chi connectivity index (χ3n) is 3.27. The molecule has 0 atom stereocenters. The van der Waals surface area contributed by atoms with Crippen LogP contribution in [0.4, 0.5) is 0 Å². The van der Waals surface area contributed by atoms with Gasteiger partial charge in [-0.2, -0.15) is 0 Å². The van der Waals surface area contributed by atoms with Gasteiger partial charge in [0.1, 0.15) is 0 Å². The summed E-state index contributed by atoms with van der Waals surface area (Å²) in [5.41, 5.74) is 3.39. The number of nitrogens with one attached hydrogen (secondary N) is 1. The van der Waals surface area contributed by atoms with E-state index in [1.165, 1.54) is 11.1 Å². The van der Waals surface area contributed by atoms with Gasteiger partial charge in [0.05, 0.1) is 24.0 Å². The third-order valence-corrected chi connectivity index (χ3v) is 3.27. The van der Waals surface area contributed by atoms with Crippen molar-refractivity contribution in [1.29, 1.82) is 0 Å². The first kappa shape index (κ1) is 15.7. The van der Waals surface area contributed by atoms with Gasteiger partial charge in [-0.3, -0.25) is 0 Å². The first-order chi connectivity index (χ1) is 10.0. The van der Waals surface area contributed by atoms with Crippen molar-refractivity contribution in [1.82, 2.24) is 20.3 Å². The van der Waals surface area contributed by atoms with Gasteiger partial charge in [0, 0.05) is 20.2 Å². The Morgan fingerprint density at radius 1 is 1.14 bits per heavy atom. The van der Waals surface area contributed by atoms with E-state index in [0.717, 1.165) is 12.2 Å². The normalized spacial score (nSPS) is 11.8. The van der Waals surface area contributed by atoms with Crippen molar-refractivity contribution in [3.05, 3.63) is 47.3 Å². The molecule has 114 valence electrons. The molecular formula is C16H24N4O. The van der Waals surface area contributed by atoms with Crippen LogP contribution >= 0.6 is 0 Å². The van der Waals surface area contributed by atoms with Crippen molar-refractivity contribution in [3.8, 4) is 0 Å². The van der Waals surface area contributed by atoms with Crippen LogP contribution in [0.25, 0.3) is 0 Å². The topological polar surface area (TPSA) is 52.0 Å². The molecule has 0 unspecified atom stereocenters. The summed E-state index contributed by atoms with van der Waals surface area (Å²) < 4.78 is 7.11. The summed E-state index contributed by atoms with van der Waals surface area (Å²) in [4.78, 5) is 0. The number of aromatic nitrogens is 3. The fourth-order valence-corrected chi connectivity index (χ4v) is 2.06. The van der Waals surface area contributed by atoms with Crippen LogP contribution in [0.15, 0.2) is 30.5 Å². The van der Waals surface area contributed by atoms with Crippen molar-refractivity contribution in [3.63, 3.8) is 0 Å². The van der Waals surface area contributed by atoms with Crippen molar-refractivity contribution in [2.45, 2.75) is 46.0 Å². The highest BCUT2D eigenvalue weighted by atomic mass is 16.5. The number of methoxy groups -OCH3 is 1. The van der Waals surface area contributed by atoms with Crippen LogP contribution in [0.5, 0.6) is 0 Å². The number of ether oxygens (including phenoxy) is 1. The van der Waals surface area contributed by atoms with Crippen molar-refractivity contribution < 1.29 is 4.74 Å². The zero-order valence-corrected chi connectivity index (χ0v) is 13.3. The van der Waals surface area contributed by atoms with Gasteiger partial charge < -0.3 is 10.1 Å². The standard InChI is InChI=1S/C16H24N4O/c1-16(2,3)20-11-15(18-19-20)10-17-9-13-7-5-6-8-14(13)12-21-4/h5-8,11,17H,9-10,12H2,1-4H3. The van der Waals surface area contributed by atoms with E-state index in [2.05, 4.69) is 48.5 Å². The van der Waals surface area contributed by atoms with E-state index < -0.39 is 0 Å². The Morgan fingerprint density at radius 2 is 1.86 bits per heavy atom. The molecule has 0 spiro atoms. The molecule has 1 N–H and O–H groups in total. The van der Waals surface area contributed by atoms with E-state index in [-0.39, 0.29) is 5.54 Å². The molecule has 0 radical (unpaired) electrons. The lowest BCUT2D eigenvalue weighted by Crippen LogP contribution is -2.22. The molecule has 5 heteroatoms. The molecule has 1 heterocycles. The van der Waals surface area contributed by atoms with E-state index in [1.807, 2.05) is 23.0 Å². The SMILES string of the molecule is COCc1ccccc1CNCc1cn(C(C)(C)C)nn1. The van der Waals surface area contributed by atoms with Gasteiger partial charge in [-0.1, -0.05) is 29.5 Å². The zero-order chi connectivity index (χ0) is 15.3. The van der Waals surface area contributed by atoms with Crippen LogP contribution in [0.3, 0.4) is 0 Å². The van der Waals surface area contributed by atoms with E-state index in [0.29, 0.717) is 13.2 Å². The second-order valence-corrected chi connectivity index (χ2v) is 6.13. The van der Waals surface area contributed by atoms with Crippen LogP contribution in [-0.2, 0) is 30.0 Å². The first-order valence-corrected chi connectivity index (χ1v) is 7.19. The predicted molar refractivity (Wildman–Crippen MR) is 82.7 cm³/mol. The molecule has 0 aliphatic carbocycles. The fraction of sp³-hybridized carbons (Fsp3) is 0.500. The Kier molecular flexibility index (Phi) is 5.09. The molecular weight excluding hydrogens is 264 g/mol. The molecule has 0 aliphatic heterocycles. The molecule has 21 heavy (non-hydrogen) atoms. The van der Waals surface area contributed by atoms with E-state index in [4.69, 9.17) is 4.74 Å². The predicted octanol–water partition coefficient (Wildman–Crippen LogP) is 2.47. The molecule has 1 aromatic heterocycles. The minimum absolute atomic E-state index is 0.0314. The summed E-state index contributed by atoms with van der Waals surface area (Å²) in [6, 6.07) is 8.29. The summed E-state index contributed by atoms with van der Waals surface area (Å²) in [5.74, 6) is 0. The van der Waals surface area contributed by atoms with E-state index >= 15 is 0 Å². The van der Waals surface area contributed by atoms with Gasteiger partial charge in [0.15, 0.2) is 0 Å². The largest absolute Gasteiger partial charge is 0.380 e. The highest BCUT2D eigenvalue weighted by Gasteiger charge is 2.14. The molecule has 0 fully saturated rings. The second kappa shape index (κ2) is 6.83. The summed E-state index contributed by atoms with van der Waals surface area (Å²) in [7, 11) is 1.72. The maximum absolute atomic E-state index is 5.22. The highest BCUT2D eigenvalue weighted by molar-refractivity contribution is 5.26. The smallest absolute Gasteiger partial charge is 0.0965 e. The molecule has 5 nitrogen and oxygen atoms in total. The number of hydrogen-bond donors (Lipinski definition) is 1. The molecule has 0 saturated carbocycles. The van der Waals surface area contributed by atoms with E-state index in [1.54, 1.807) is 7.11 Å². The quantitative estimate of drug-likeness (QED) is 0.887. The Labute approximate surface area is 126 Å². The minimum Gasteiger partial charge on any atom is -0.380 e. The molecule has 0 amide bonds. The number of rotatable bonds is 6. The fourth-order valence-electron chi connectivity index (χ4n) is 2.06. The van der Waals surface area contributed by atoms with Crippen LogP contribution in [-0.4, -0.2) is 22.1 Å². The minimum atomic E-state index is -0.0314. The zero-order valence-electron chi connectivity index (χ0n) is 13.3. The van der Waals surface area contributed by atoms with Crippen molar-refractivity contribution in [2.24, 2.45) is 0 Å². The van der Waals surface area contributed by atoms with Crippen molar-refractivity contribution >= 4 is 0 Å². The Morgan fingerprint density at radius 3 is 2.48 bits per heavy atom. The Hall–Kier alpha value is -1.72. The van der Waals surface area contributed by atoms with Crippen LogP contribution in [0, 0.1) is 0 Å². The maximum atomic E-state index is 5.22. The summed E-state index contributed by atoms with van der Waals surface area (Å²) in [6.07, 6.45) is 1.99. The van der Waals surface area contributed by atoms with E-state index in [9.17, 15) is 0 Å². The highest BCUT2D eigenvalue weighted by Crippen LogP contribution is 2.12. The average molecular weight is 288 g/mol. The van der Waals surface area contributed by atoms with Gasteiger partial charge in [0.2, 0.25) is 0 Å². The van der Waals surface area contributed by atoms with Gasteiger partial charge in [-0.05, 0) is 31.9 Å². The molecule has 1 aromatic carbocycles. The first-order valence-electron chi connectivity index (χ1n) is 7.19. The molecule has 0 aliphatic rings. The van der Waals surface area contributed by atoms with Gasteiger partial charge >= 0.3 is 0 Å². The van der Waals surface area contributed by atoms with Gasteiger partial charge in [-0.15, -0.1) is 5.10 Å². The van der Waals surface area contributed by atoms with Crippen LogP contribution < -0.4 is 5.32 Å². The van der Waals surface area contributed by atoms with Gasteiger partial charge in [-0.25, -0.2) is 4.68 Å². The Balaban J connectivity index is 1.91. The third kappa shape index (κ3) is 4.37. The number of nitrogens with zero attached hydrogens (tertiary/aromatic N) is 3. The second-order valence-electron chi connectivity index (χ2n) is 6.13. The molecule has 0 saturated heterocycles. The summed E-state index contributed by atoms with van der Waals surface area (Å²) >= 11 is 0. The number of benzene rings is 1. The summed E-state index contributed by atoms with van der Waals surface area (Å²) in [6.45, 7) is 8.47. The van der Waals surface area contributed by atoms with Gasteiger partial charge in [0.25, 0.3) is 0 Å². The lowest BCUT2D eigenvalue weighted by atomic mass is 10.1. The monoisotopic (exact) mass is 288 g/mol. The lowest BCUT2D eigenvalue weighted by molar-refractivity contribution is 0.184. The molecule has 2 rings (SSSR count). The van der Waals surface area contributed by atoms with Crippen LogP contribution in [0.2, 0.25) is 0 Å². The van der Waals surface area contributed by atoms with Crippen LogP contribution in [0.1, 0.15) is 37.6 Å².